The third-order valence-electron chi connectivity index (χ3n) is 23.6. The number of fused-ring (bicyclic) bond motifs is 9. The molecule has 69 heavy (non-hydrogen) atoms. The van der Waals surface area contributed by atoms with Crippen molar-refractivity contribution in [3.8, 4) is 0 Å². The molecule has 0 radical (unpaired) electrons. The Bertz CT molecular complexity index is 1950. The molecule has 6 saturated carbocycles. The molecule has 0 amide bonds. The number of esters is 3. The highest BCUT2D eigenvalue weighted by atomic mass is 16.6. The predicted molar refractivity (Wildman–Crippen MR) is 278 cm³/mol. The Hall–Kier alpha value is -2.37. The van der Waals surface area contributed by atoms with Crippen LogP contribution in [0.2, 0.25) is 0 Å². The van der Waals surface area contributed by atoms with Gasteiger partial charge in [-0.05, 0) is 224 Å². The van der Waals surface area contributed by atoms with E-state index in [4.69, 9.17) is 14.2 Å². The molecule has 6 heteroatoms. The van der Waals surface area contributed by atoms with Gasteiger partial charge in [-0.3, -0.25) is 14.4 Å². The van der Waals surface area contributed by atoms with Crippen molar-refractivity contribution in [3.63, 3.8) is 0 Å². The molecule has 0 spiro atoms. The van der Waals surface area contributed by atoms with Crippen molar-refractivity contribution >= 4 is 17.9 Å². The Morgan fingerprint density at radius 3 is 1.06 bits per heavy atom. The molecule has 386 valence electrons. The molecule has 6 fully saturated rings. The first-order chi connectivity index (χ1) is 32.6. The SMILES string of the molecule is CC(C)C1=C[C@@H]2CC[C@@H]3[C@](C)(CCC[C@@]3(C)C(=O)OCC(COC(=O)[C@]3(C)CCC[C@@]4(C)[C@H]3CC[C@H]3C=C(C(C)C)CC[C@@H]34)OC(=O)[C@]3(C)CCC[C@@]4(C)[C@H]3CC[C@H]3C=C(C(C)C)CC[C@@H]34)[C@H]2CC1. The lowest BCUT2D eigenvalue weighted by Gasteiger charge is -2.60. The number of carbonyl (C=O) groups is 3. The number of rotatable bonds is 11. The highest BCUT2D eigenvalue weighted by molar-refractivity contribution is 5.79. The molecule has 0 aromatic rings. The van der Waals surface area contributed by atoms with Crippen LogP contribution in [0.15, 0.2) is 34.9 Å². The summed E-state index contributed by atoms with van der Waals surface area (Å²) in [5, 5.41) is 0. The van der Waals surface area contributed by atoms with Gasteiger partial charge in [0.25, 0.3) is 0 Å². The Balaban J connectivity index is 0.943. The van der Waals surface area contributed by atoms with Crippen LogP contribution in [0.1, 0.15) is 218 Å². The molecule has 0 N–H and O–H groups in total. The van der Waals surface area contributed by atoms with Crippen LogP contribution in [0.5, 0.6) is 0 Å². The molecule has 9 rings (SSSR count). The molecule has 0 aromatic heterocycles. The maximum atomic E-state index is 15.2. The van der Waals surface area contributed by atoms with Crippen molar-refractivity contribution in [2.45, 2.75) is 224 Å². The summed E-state index contributed by atoms with van der Waals surface area (Å²) in [6.45, 7) is 27.9. The van der Waals surface area contributed by atoms with Crippen LogP contribution in [-0.2, 0) is 28.6 Å². The van der Waals surface area contributed by atoms with Gasteiger partial charge >= 0.3 is 17.9 Å². The molecule has 0 bridgehead atoms. The van der Waals surface area contributed by atoms with E-state index in [0.717, 1.165) is 103 Å². The lowest BCUT2D eigenvalue weighted by Crippen LogP contribution is -2.57. The van der Waals surface area contributed by atoms with E-state index in [-0.39, 0.29) is 65.1 Å². The van der Waals surface area contributed by atoms with Gasteiger partial charge in [-0.2, -0.15) is 0 Å². The van der Waals surface area contributed by atoms with Crippen molar-refractivity contribution in [2.75, 3.05) is 13.2 Å². The monoisotopic (exact) mass is 951 g/mol. The zero-order chi connectivity index (χ0) is 49.5. The van der Waals surface area contributed by atoms with Gasteiger partial charge in [0.2, 0.25) is 0 Å². The van der Waals surface area contributed by atoms with Crippen LogP contribution in [0.3, 0.4) is 0 Å². The summed E-state index contributed by atoms with van der Waals surface area (Å²) in [5.74, 6) is 5.48. The van der Waals surface area contributed by atoms with Gasteiger partial charge < -0.3 is 14.2 Å². The summed E-state index contributed by atoms with van der Waals surface area (Å²) in [6.07, 6.45) is 29.5. The summed E-state index contributed by atoms with van der Waals surface area (Å²) in [6, 6.07) is 0. The molecule has 0 aliphatic heterocycles. The van der Waals surface area contributed by atoms with Crippen molar-refractivity contribution in [3.05, 3.63) is 34.9 Å². The molecule has 15 atom stereocenters. The van der Waals surface area contributed by atoms with Crippen LogP contribution in [0.25, 0.3) is 0 Å². The van der Waals surface area contributed by atoms with E-state index < -0.39 is 22.3 Å². The topological polar surface area (TPSA) is 78.9 Å². The van der Waals surface area contributed by atoms with Crippen molar-refractivity contribution < 1.29 is 28.6 Å². The van der Waals surface area contributed by atoms with Gasteiger partial charge in [0.1, 0.15) is 13.2 Å². The first-order valence-electron chi connectivity index (χ1n) is 29.3. The van der Waals surface area contributed by atoms with Crippen molar-refractivity contribution in [1.29, 1.82) is 0 Å². The predicted octanol–water partition coefficient (Wildman–Crippen LogP) is 15.6. The highest BCUT2D eigenvalue weighted by Gasteiger charge is 2.63. The van der Waals surface area contributed by atoms with Crippen molar-refractivity contribution in [2.24, 2.45) is 104 Å². The summed E-state index contributed by atoms with van der Waals surface area (Å²) < 4.78 is 19.8. The van der Waals surface area contributed by atoms with Crippen LogP contribution < -0.4 is 0 Å². The zero-order valence-corrected chi connectivity index (χ0v) is 46.0. The second kappa shape index (κ2) is 19.2. The van der Waals surface area contributed by atoms with Gasteiger partial charge in [0.15, 0.2) is 6.10 Å². The van der Waals surface area contributed by atoms with E-state index in [9.17, 15) is 9.59 Å². The van der Waals surface area contributed by atoms with Gasteiger partial charge in [-0.25, -0.2) is 0 Å². The number of carbonyl (C=O) groups excluding carboxylic acids is 3. The number of hydrogen-bond donors (Lipinski definition) is 0. The van der Waals surface area contributed by atoms with E-state index in [2.05, 4.69) is 101 Å². The standard InChI is InChI=1S/C63H98O6/c1-39(2)42-16-22-49-45(34-42)19-25-52-58(49,7)28-13-31-61(52,10)55(64)67-37-48(69-57(66)63(12)33-15-30-60(9)51-24-18-44(41(5)6)36-47(51)21-27-54(60)63)38-68-56(65)62(11)32-14-29-59(8)50-23-17-43(40(3)4)35-46(50)20-26-53(59)62/h34-36,39-41,45-54H,13-33,37-38H2,1-12H3/t45-,46-,47-,49-,50-,51-,52+,53+,54+,58+,59+,60+,61+,62+,63+/m0/s1. The molecular weight excluding hydrogens is 853 g/mol. The van der Waals surface area contributed by atoms with Crippen molar-refractivity contribution in [1.82, 2.24) is 0 Å². The van der Waals surface area contributed by atoms with Gasteiger partial charge in [0, 0.05) is 0 Å². The molecule has 6 nitrogen and oxygen atoms in total. The average molecular weight is 951 g/mol. The van der Waals surface area contributed by atoms with Crippen LogP contribution in [0, 0.1) is 104 Å². The lowest BCUT2D eigenvalue weighted by atomic mass is 9.44. The third-order valence-corrected chi connectivity index (χ3v) is 23.6. The summed E-state index contributed by atoms with van der Waals surface area (Å²) in [4.78, 5) is 45.0. The minimum Gasteiger partial charge on any atom is -0.461 e. The summed E-state index contributed by atoms with van der Waals surface area (Å²) in [7, 11) is 0. The van der Waals surface area contributed by atoms with Crippen LogP contribution in [0.4, 0.5) is 0 Å². The van der Waals surface area contributed by atoms with Crippen LogP contribution in [-0.4, -0.2) is 37.2 Å². The fourth-order valence-corrected chi connectivity index (χ4v) is 19.7. The maximum Gasteiger partial charge on any atom is 0.312 e. The van der Waals surface area contributed by atoms with E-state index in [1.807, 2.05) is 0 Å². The quantitative estimate of drug-likeness (QED) is 0.117. The first-order valence-corrected chi connectivity index (χ1v) is 29.3. The Morgan fingerprint density at radius 1 is 0.449 bits per heavy atom. The molecule has 0 saturated heterocycles. The molecule has 0 aromatic carbocycles. The first kappa shape index (κ1) is 51.5. The summed E-state index contributed by atoms with van der Waals surface area (Å²) >= 11 is 0. The average Bonchev–Trinajstić information content (AvgIpc) is 3.31. The second-order valence-corrected chi connectivity index (χ2v) is 28.1. The maximum absolute atomic E-state index is 15.2. The second-order valence-electron chi connectivity index (χ2n) is 28.1. The lowest BCUT2D eigenvalue weighted by molar-refractivity contribution is -0.197. The minimum absolute atomic E-state index is 0.0553. The van der Waals surface area contributed by atoms with Gasteiger partial charge in [-0.15, -0.1) is 0 Å². The van der Waals surface area contributed by atoms with E-state index in [0.29, 0.717) is 53.3 Å². The van der Waals surface area contributed by atoms with Crippen LogP contribution >= 0.6 is 0 Å². The smallest absolute Gasteiger partial charge is 0.312 e. The third kappa shape index (κ3) is 8.81. The van der Waals surface area contributed by atoms with E-state index in [1.54, 1.807) is 16.7 Å². The Morgan fingerprint density at radius 2 is 0.754 bits per heavy atom. The molecule has 9 aliphatic rings. The number of allylic oxidation sites excluding steroid dienone is 6. The minimum atomic E-state index is -0.863. The number of hydrogen-bond acceptors (Lipinski definition) is 6. The highest BCUT2D eigenvalue weighted by Crippen LogP contribution is 2.67. The van der Waals surface area contributed by atoms with Gasteiger partial charge in [0.05, 0.1) is 16.2 Å². The fourth-order valence-electron chi connectivity index (χ4n) is 19.7. The van der Waals surface area contributed by atoms with E-state index >= 15 is 4.79 Å². The molecular formula is C63H98O6. The largest absolute Gasteiger partial charge is 0.461 e. The molecule has 0 unspecified atom stereocenters. The Kier molecular flexibility index (Phi) is 14.3. The van der Waals surface area contributed by atoms with E-state index in [1.165, 1.54) is 32.1 Å². The zero-order valence-electron chi connectivity index (χ0n) is 46.0. The Labute approximate surface area is 420 Å². The fraction of sp³-hybridized carbons (Fsp3) is 0.857. The normalized spacial score (nSPS) is 44.4. The molecule has 0 heterocycles. The number of ether oxygens (including phenoxy) is 3. The summed E-state index contributed by atoms with van der Waals surface area (Å²) in [5.41, 5.74) is 3.16. The molecule has 9 aliphatic carbocycles. The van der Waals surface area contributed by atoms with Gasteiger partial charge in [-0.1, -0.05) is 117 Å².